The topological polar surface area (TPSA) is 50.9 Å². The number of allylic oxidation sites excluding steroid dienone is 1. The van der Waals surface area contributed by atoms with Gasteiger partial charge in [-0.25, -0.2) is 0 Å². The van der Waals surface area contributed by atoms with E-state index in [0.29, 0.717) is 5.70 Å². The second kappa shape index (κ2) is 10.6. The summed E-state index contributed by atoms with van der Waals surface area (Å²) >= 11 is 1.68. The molecule has 2 rings (SSSR count). The van der Waals surface area contributed by atoms with Crippen LogP contribution in [0.1, 0.15) is 38.8 Å². The van der Waals surface area contributed by atoms with Crippen molar-refractivity contribution >= 4 is 17.5 Å². The fraction of sp³-hybridized carbons (Fsp3) is 0.360. The molecule has 0 saturated heterocycles. The van der Waals surface area contributed by atoms with Crippen molar-refractivity contribution in [3.05, 3.63) is 78.6 Å². The van der Waals surface area contributed by atoms with Crippen molar-refractivity contribution in [2.45, 2.75) is 57.4 Å². The highest BCUT2D eigenvalue weighted by Gasteiger charge is 2.31. The Morgan fingerprint density at radius 1 is 1.13 bits per heavy atom. The van der Waals surface area contributed by atoms with Crippen LogP contribution in [0.25, 0.3) is 5.70 Å². The minimum atomic E-state index is -0.798. The van der Waals surface area contributed by atoms with Gasteiger partial charge in [0.1, 0.15) is 6.10 Å². The Labute approximate surface area is 185 Å². The molecule has 160 valence electrons. The lowest BCUT2D eigenvalue weighted by atomic mass is 9.76. The third-order valence-electron chi connectivity index (χ3n) is 4.83. The minimum Gasteiger partial charge on any atom is -0.386 e. The van der Waals surface area contributed by atoms with Gasteiger partial charge in [0.15, 0.2) is 0 Å². The van der Waals surface area contributed by atoms with Gasteiger partial charge < -0.3 is 5.11 Å². The Bertz CT molecular complexity index is 955. The zero-order chi connectivity index (χ0) is 22.3. The van der Waals surface area contributed by atoms with E-state index in [-0.39, 0.29) is 11.3 Å². The molecule has 2 atom stereocenters. The maximum Gasteiger partial charge on any atom is 0.104 e. The Kier molecular flexibility index (Phi) is 8.44. The van der Waals surface area contributed by atoms with E-state index in [1.165, 1.54) is 20.8 Å². The third-order valence-corrected chi connectivity index (χ3v) is 6.02. The number of nitrogens with zero attached hydrogens (tertiary/aromatic N) is 3. The molecule has 0 aliphatic carbocycles. The fourth-order valence-corrected chi connectivity index (χ4v) is 4.04. The molecule has 0 saturated carbocycles. The molecular weight excluding hydrogens is 390 g/mol. The molecule has 2 unspecified atom stereocenters. The molecule has 0 aliphatic heterocycles. The lowest BCUT2D eigenvalue weighted by Gasteiger charge is -2.32. The minimum absolute atomic E-state index is 0.102. The lowest BCUT2D eigenvalue weighted by molar-refractivity contribution is 0.110. The summed E-state index contributed by atoms with van der Waals surface area (Å²) in [5, 5.41) is 19.7. The van der Waals surface area contributed by atoms with Crippen LogP contribution in [0.2, 0.25) is 0 Å². The van der Waals surface area contributed by atoms with Gasteiger partial charge in [0.05, 0.1) is 11.9 Å². The number of benzene rings is 1. The van der Waals surface area contributed by atoms with Gasteiger partial charge >= 0.3 is 0 Å². The summed E-state index contributed by atoms with van der Waals surface area (Å²) < 4.78 is 0. The van der Waals surface area contributed by atoms with Gasteiger partial charge in [-0.05, 0) is 56.0 Å². The van der Waals surface area contributed by atoms with Crippen molar-refractivity contribution in [1.29, 1.82) is 0 Å². The van der Waals surface area contributed by atoms with Gasteiger partial charge in [-0.15, -0.1) is 0 Å². The van der Waals surface area contributed by atoms with Crippen molar-refractivity contribution in [2.75, 3.05) is 0 Å². The molecule has 4 nitrogen and oxygen atoms in total. The smallest absolute Gasteiger partial charge is 0.104 e. The molecule has 2 aromatic rings. The Morgan fingerprint density at radius 2 is 1.83 bits per heavy atom. The van der Waals surface area contributed by atoms with E-state index in [0.717, 1.165) is 4.90 Å². The number of hydrogen-bond donors (Lipinski definition) is 1. The van der Waals surface area contributed by atoms with E-state index < -0.39 is 6.10 Å². The quantitative estimate of drug-likeness (QED) is 0.559. The SMILES string of the molecule is C=C(C(O)C(/C=C/C)C(C)(C)C)n1ncccc(Sc2ccc(C)cc2C)ccn1. The average Bonchev–Trinajstić information content (AvgIpc) is 2.78. The van der Waals surface area contributed by atoms with Crippen molar-refractivity contribution in [3.8, 4) is 0 Å². The van der Waals surface area contributed by atoms with Crippen LogP contribution in [0.5, 0.6) is 0 Å². The zero-order valence-electron chi connectivity index (χ0n) is 18.8. The van der Waals surface area contributed by atoms with Gasteiger partial charge in [0, 0.05) is 21.9 Å². The van der Waals surface area contributed by atoms with Crippen molar-refractivity contribution in [1.82, 2.24) is 15.0 Å². The Morgan fingerprint density at radius 3 is 2.47 bits per heavy atom. The first-order valence-corrected chi connectivity index (χ1v) is 10.9. The summed E-state index contributed by atoms with van der Waals surface area (Å²) in [6, 6.07) is 12.3. The van der Waals surface area contributed by atoms with Crippen molar-refractivity contribution in [3.63, 3.8) is 0 Å². The first kappa shape index (κ1) is 23.9. The molecule has 1 aromatic heterocycles. The molecule has 0 aliphatic rings. The highest BCUT2D eigenvalue weighted by Crippen LogP contribution is 2.33. The maximum atomic E-state index is 11.0. The second-order valence-corrected chi connectivity index (χ2v) is 9.59. The molecule has 1 aromatic carbocycles. The summed E-state index contributed by atoms with van der Waals surface area (Å²) in [7, 11) is 0. The molecule has 0 fully saturated rings. The zero-order valence-corrected chi connectivity index (χ0v) is 19.6. The lowest BCUT2D eigenvalue weighted by Crippen LogP contribution is -2.33. The summed E-state index contributed by atoms with van der Waals surface area (Å²) in [6.45, 7) is 16.5. The van der Waals surface area contributed by atoms with Gasteiger partial charge in [-0.3, -0.25) is 0 Å². The first-order valence-electron chi connectivity index (χ1n) is 10.1. The molecule has 0 amide bonds. The summed E-state index contributed by atoms with van der Waals surface area (Å²) in [6.07, 6.45) is 6.53. The van der Waals surface area contributed by atoms with E-state index in [1.54, 1.807) is 24.2 Å². The first-order chi connectivity index (χ1) is 14.1. The van der Waals surface area contributed by atoms with Crippen LogP contribution in [0, 0.1) is 25.2 Å². The van der Waals surface area contributed by atoms with E-state index >= 15 is 0 Å². The molecule has 30 heavy (non-hydrogen) atoms. The number of aryl methyl sites for hydroxylation is 2. The Hall–Kier alpha value is -2.37. The Balaban J connectivity index is 2.31. The maximum absolute atomic E-state index is 11.0. The number of aromatic nitrogens is 3. The van der Waals surface area contributed by atoms with Crippen LogP contribution < -0.4 is 0 Å². The highest BCUT2D eigenvalue weighted by molar-refractivity contribution is 7.99. The third kappa shape index (κ3) is 6.57. The number of rotatable bonds is 6. The molecular formula is C25H33N3OS. The predicted octanol–water partition coefficient (Wildman–Crippen LogP) is 6.24. The van der Waals surface area contributed by atoms with Crippen LogP contribution in [-0.2, 0) is 0 Å². The van der Waals surface area contributed by atoms with E-state index in [2.05, 4.69) is 69.6 Å². The van der Waals surface area contributed by atoms with E-state index in [9.17, 15) is 5.11 Å². The number of aliphatic hydroxyl groups excluding tert-OH is 1. The number of aliphatic hydroxyl groups is 1. The molecule has 0 bridgehead atoms. The van der Waals surface area contributed by atoms with Crippen LogP contribution >= 0.6 is 11.8 Å². The fourth-order valence-electron chi connectivity index (χ4n) is 3.15. The second-order valence-electron chi connectivity index (χ2n) is 8.47. The van der Waals surface area contributed by atoms with Gasteiger partial charge in [0.2, 0.25) is 0 Å². The van der Waals surface area contributed by atoms with E-state index in [4.69, 9.17) is 0 Å². The highest BCUT2D eigenvalue weighted by atomic mass is 32.2. The van der Waals surface area contributed by atoms with Crippen molar-refractivity contribution < 1.29 is 5.11 Å². The van der Waals surface area contributed by atoms with Crippen LogP contribution in [-0.4, -0.2) is 26.2 Å². The van der Waals surface area contributed by atoms with Crippen LogP contribution in [0.15, 0.2) is 77.3 Å². The van der Waals surface area contributed by atoms with Gasteiger partial charge in [0.25, 0.3) is 0 Å². The van der Waals surface area contributed by atoms with Crippen LogP contribution in [0.3, 0.4) is 0 Å². The molecule has 0 radical (unpaired) electrons. The van der Waals surface area contributed by atoms with Crippen LogP contribution in [0.4, 0.5) is 0 Å². The molecule has 1 N–H and O–H groups in total. The summed E-state index contributed by atoms with van der Waals surface area (Å²) in [5.74, 6) is -0.102. The molecule has 5 heteroatoms. The monoisotopic (exact) mass is 423 g/mol. The standard InChI is InChI=1S/C25H33N3OS/c1-8-10-22(25(5,6)7)24(29)20(4)28-26-15-9-11-21(14-16-27-28)30-23-13-12-18(2)17-19(23)3/h8-17,22,24,29H,4H2,1-3,5-7H3/b10-8+,11-9?,21-14?,26-15?,27-16?. The number of hydrogen-bond acceptors (Lipinski definition) is 4. The van der Waals surface area contributed by atoms with Gasteiger partial charge in [-0.1, -0.05) is 69.0 Å². The summed E-state index contributed by atoms with van der Waals surface area (Å²) in [5.41, 5.74) is 2.81. The summed E-state index contributed by atoms with van der Waals surface area (Å²) in [4.78, 5) is 3.65. The molecule has 0 spiro atoms. The van der Waals surface area contributed by atoms with E-state index in [1.807, 2.05) is 37.3 Å². The van der Waals surface area contributed by atoms with Crippen molar-refractivity contribution in [2.24, 2.45) is 11.3 Å². The largest absolute Gasteiger partial charge is 0.386 e. The van der Waals surface area contributed by atoms with Gasteiger partial charge in [-0.2, -0.15) is 15.0 Å². The molecule has 1 heterocycles. The normalized spacial score (nSPS) is 13.7. The predicted molar refractivity (Wildman–Crippen MR) is 127 cm³/mol. The average molecular weight is 424 g/mol.